The fourth-order valence-corrected chi connectivity index (χ4v) is 6.60. The molecule has 1 aliphatic heterocycles. The second-order valence-electron chi connectivity index (χ2n) is 14.1. The van der Waals surface area contributed by atoms with Crippen molar-refractivity contribution in [3.05, 3.63) is 48.6 Å². The molecule has 0 aromatic carbocycles. The third-order valence-electron chi connectivity index (χ3n) is 9.84. The van der Waals surface area contributed by atoms with Crippen LogP contribution in [0.2, 0.25) is 0 Å². The number of rotatable bonds is 34. The zero-order valence-corrected chi connectivity index (χ0v) is 32.2. The van der Waals surface area contributed by atoms with Crippen LogP contribution in [0.4, 0.5) is 0 Å². The van der Waals surface area contributed by atoms with Crippen LogP contribution in [-0.2, 0) is 9.47 Å². The van der Waals surface area contributed by atoms with Gasteiger partial charge in [-0.1, -0.05) is 147 Å². The van der Waals surface area contributed by atoms with Gasteiger partial charge in [0, 0.05) is 19.4 Å². The molecule has 0 bridgehead atoms. The van der Waals surface area contributed by atoms with Crippen molar-refractivity contribution in [1.29, 1.82) is 0 Å². The second-order valence-corrected chi connectivity index (χ2v) is 14.1. The highest BCUT2D eigenvalue weighted by atomic mass is 16.7. The molecule has 47 heavy (non-hydrogen) atoms. The third-order valence-corrected chi connectivity index (χ3v) is 9.84. The summed E-state index contributed by atoms with van der Waals surface area (Å²) in [6.45, 7) is 13.2. The van der Waals surface area contributed by atoms with Crippen LogP contribution in [0.15, 0.2) is 48.6 Å². The maximum atomic E-state index is 6.76. The van der Waals surface area contributed by atoms with E-state index >= 15 is 0 Å². The Morgan fingerprint density at radius 1 is 0.511 bits per heavy atom. The zero-order chi connectivity index (χ0) is 33.9. The van der Waals surface area contributed by atoms with Crippen LogP contribution < -0.4 is 0 Å². The summed E-state index contributed by atoms with van der Waals surface area (Å²) in [7, 11) is 0. The average Bonchev–Trinajstić information content (AvgIpc) is 3.49. The van der Waals surface area contributed by atoms with Gasteiger partial charge in [-0.25, -0.2) is 0 Å². The predicted octanol–water partition coefficient (Wildman–Crippen LogP) is 13.8. The van der Waals surface area contributed by atoms with Crippen molar-refractivity contribution in [1.82, 2.24) is 4.90 Å². The standard InChI is InChI=1S/C44H81NO2/c1-5-9-11-13-15-17-19-21-23-25-27-29-31-33-35-37-40-44(46-42-43(47-44)38-41-45(7-3)8-4)39-36-34-32-30-28-26-24-22-20-18-16-14-12-10-6-2/h15-18,21-24,43H,5-14,19-20,25-42H2,1-4H3/b17-15-,18-16?,23-21-,24-22-. The molecule has 2 unspecified atom stereocenters. The zero-order valence-electron chi connectivity index (χ0n) is 32.2. The number of allylic oxidation sites excluding steroid dienone is 8. The Morgan fingerprint density at radius 2 is 0.915 bits per heavy atom. The molecule has 0 aliphatic carbocycles. The highest BCUT2D eigenvalue weighted by Gasteiger charge is 2.40. The van der Waals surface area contributed by atoms with Gasteiger partial charge in [0.2, 0.25) is 0 Å². The van der Waals surface area contributed by atoms with E-state index in [1.54, 1.807) is 0 Å². The number of hydrogen-bond acceptors (Lipinski definition) is 3. The fourth-order valence-electron chi connectivity index (χ4n) is 6.60. The van der Waals surface area contributed by atoms with Gasteiger partial charge in [-0.3, -0.25) is 0 Å². The van der Waals surface area contributed by atoms with Gasteiger partial charge in [-0.2, -0.15) is 0 Å². The molecule has 1 aliphatic rings. The van der Waals surface area contributed by atoms with Gasteiger partial charge < -0.3 is 14.4 Å². The molecular formula is C44H81NO2. The predicted molar refractivity (Wildman–Crippen MR) is 209 cm³/mol. The number of nitrogens with zero attached hydrogens (tertiary/aromatic N) is 1. The van der Waals surface area contributed by atoms with Gasteiger partial charge in [0.15, 0.2) is 5.79 Å². The van der Waals surface area contributed by atoms with Gasteiger partial charge in [-0.05, 0) is 96.6 Å². The van der Waals surface area contributed by atoms with Crippen LogP contribution in [0, 0.1) is 0 Å². The number of ether oxygens (including phenoxy) is 2. The minimum absolute atomic E-state index is 0.262. The largest absolute Gasteiger partial charge is 0.347 e. The van der Waals surface area contributed by atoms with Crippen molar-refractivity contribution in [2.75, 3.05) is 26.2 Å². The first-order valence-corrected chi connectivity index (χ1v) is 20.8. The number of unbranched alkanes of at least 4 members (excludes halogenated alkanes) is 17. The van der Waals surface area contributed by atoms with Crippen LogP contribution in [0.1, 0.15) is 195 Å². The van der Waals surface area contributed by atoms with Crippen molar-refractivity contribution in [2.45, 2.75) is 207 Å². The summed E-state index contributed by atoms with van der Waals surface area (Å²) in [6.07, 6.45) is 51.9. The van der Waals surface area contributed by atoms with Gasteiger partial charge in [-0.15, -0.1) is 0 Å². The third kappa shape index (κ3) is 26.4. The molecular weight excluding hydrogens is 574 g/mol. The van der Waals surface area contributed by atoms with Gasteiger partial charge in [0.25, 0.3) is 0 Å². The highest BCUT2D eigenvalue weighted by Crippen LogP contribution is 2.35. The summed E-state index contributed by atoms with van der Waals surface area (Å²) >= 11 is 0. The maximum Gasteiger partial charge on any atom is 0.168 e. The molecule has 3 heteroatoms. The lowest BCUT2D eigenvalue weighted by molar-refractivity contribution is -0.180. The van der Waals surface area contributed by atoms with E-state index in [1.165, 1.54) is 135 Å². The summed E-state index contributed by atoms with van der Waals surface area (Å²) in [4.78, 5) is 2.51. The highest BCUT2D eigenvalue weighted by molar-refractivity contribution is 4.93. The van der Waals surface area contributed by atoms with E-state index in [-0.39, 0.29) is 11.9 Å². The van der Waals surface area contributed by atoms with Crippen molar-refractivity contribution >= 4 is 0 Å². The van der Waals surface area contributed by atoms with Gasteiger partial charge in [0.05, 0.1) is 12.7 Å². The molecule has 0 spiro atoms. The molecule has 274 valence electrons. The minimum atomic E-state index is -0.323. The van der Waals surface area contributed by atoms with Crippen LogP contribution in [0.5, 0.6) is 0 Å². The van der Waals surface area contributed by atoms with E-state index < -0.39 is 0 Å². The molecule has 0 radical (unpaired) electrons. The molecule has 0 saturated carbocycles. The number of hydrogen-bond donors (Lipinski definition) is 0. The first kappa shape index (κ1) is 43.9. The monoisotopic (exact) mass is 656 g/mol. The lowest BCUT2D eigenvalue weighted by Crippen LogP contribution is -2.32. The smallest absolute Gasteiger partial charge is 0.168 e. The van der Waals surface area contributed by atoms with E-state index in [2.05, 4.69) is 81.2 Å². The topological polar surface area (TPSA) is 21.7 Å². The molecule has 0 aromatic heterocycles. The first-order valence-electron chi connectivity index (χ1n) is 20.8. The Morgan fingerprint density at radius 3 is 1.34 bits per heavy atom. The minimum Gasteiger partial charge on any atom is -0.347 e. The Kier molecular flexibility index (Phi) is 31.1. The summed E-state index contributed by atoms with van der Waals surface area (Å²) in [5, 5.41) is 0. The lowest BCUT2D eigenvalue weighted by Gasteiger charge is -2.29. The summed E-state index contributed by atoms with van der Waals surface area (Å²) < 4.78 is 13.3. The molecule has 1 saturated heterocycles. The Balaban J connectivity index is 2.25. The van der Waals surface area contributed by atoms with Gasteiger partial charge in [0.1, 0.15) is 0 Å². The SMILES string of the molecule is CCCCCC=CC/C=C\CCCCCCCC1(CCCCCCCC/C=C\C/C=C\CCCCC)OCC(CCN(CC)CC)O1. The Labute approximate surface area is 295 Å². The molecule has 0 aromatic rings. The van der Waals surface area contributed by atoms with E-state index in [4.69, 9.17) is 9.47 Å². The maximum absolute atomic E-state index is 6.76. The molecule has 1 fully saturated rings. The van der Waals surface area contributed by atoms with E-state index in [1.807, 2.05) is 0 Å². The summed E-state index contributed by atoms with van der Waals surface area (Å²) in [5.41, 5.74) is 0. The average molecular weight is 656 g/mol. The molecule has 2 atom stereocenters. The van der Waals surface area contributed by atoms with Crippen LogP contribution in [0.3, 0.4) is 0 Å². The van der Waals surface area contributed by atoms with Crippen LogP contribution in [-0.4, -0.2) is 43.0 Å². The summed E-state index contributed by atoms with van der Waals surface area (Å²) in [6, 6.07) is 0. The second kappa shape index (κ2) is 33.3. The fraction of sp³-hybridized carbons (Fsp3) is 0.818. The van der Waals surface area contributed by atoms with E-state index in [0.29, 0.717) is 0 Å². The van der Waals surface area contributed by atoms with Gasteiger partial charge >= 0.3 is 0 Å². The summed E-state index contributed by atoms with van der Waals surface area (Å²) in [5.74, 6) is -0.323. The molecule has 1 rings (SSSR count). The molecule has 0 N–H and O–H groups in total. The normalized spacial score (nSPS) is 18.9. The van der Waals surface area contributed by atoms with Crippen molar-refractivity contribution in [3.8, 4) is 0 Å². The molecule has 3 nitrogen and oxygen atoms in total. The van der Waals surface area contributed by atoms with Crippen molar-refractivity contribution in [2.24, 2.45) is 0 Å². The van der Waals surface area contributed by atoms with Crippen LogP contribution in [0.25, 0.3) is 0 Å². The van der Waals surface area contributed by atoms with Crippen molar-refractivity contribution < 1.29 is 9.47 Å². The Bertz CT molecular complexity index is 767. The van der Waals surface area contributed by atoms with E-state index in [0.717, 1.165) is 58.3 Å². The van der Waals surface area contributed by atoms with Crippen LogP contribution >= 0.6 is 0 Å². The van der Waals surface area contributed by atoms with Crippen molar-refractivity contribution in [3.63, 3.8) is 0 Å². The lowest BCUT2D eigenvalue weighted by atomic mass is 9.98. The quantitative estimate of drug-likeness (QED) is 0.0508. The Hall–Kier alpha value is -1.16. The first-order chi connectivity index (χ1) is 23.2. The molecule has 0 amide bonds. The molecule has 1 heterocycles. The van der Waals surface area contributed by atoms with E-state index in [9.17, 15) is 0 Å².